The molecule has 0 fully saturated rings. The number of aromatic nitrogens is 1. The summed E-state index contributed by atoms with van der Waals surface area (Å²) in [5, 5.41) is 2.56. The number of nitrogen functional groups attached to an aromatic ring is 1. The van der Waals surface area contributed by atoms with E-state index in [1.807, 2.05) is 0 Å². The molecule has 2 rings (SSSR count). The number of carbonyl (C=O) groups is 1. The molecule has 0 aliphatic heterocycles. The number of hydrogen-bond donors (Lipinski definition) is 2. The highest BCUT2D eigenvalue weighted by Gasteiger charge is 2.29. The summed E-state index contributed by atoms with van der Waals surface area (Å²) in [6.07, 6.45) is -3.20. The number of anilines is 2. The van der Waals surface area contributed by atoms with Crippen molar-refractivity contribution in [3.63, 3.8) is 0 Å². The van der Waals surface area contributed by atoms with E-state index < -0.39 is 17.6 Å². The van der Waals surface area contributed by atoms with Crippen LogP contribution in [0.5, 0.6) is 0 Å². The van der Waals surface area contributed by atoms with Crippen LogP contribution >= 0.6 is 11.6 Å². The number of nitrogens with two attached hydrogens (primary N) is 1. The molecule has 21 heavy (non-hydrogen) atoms. The van der Waals surface area contributed by atoms with Gasteiger partial charge in [-0.25, -0.2) is 4.98 Å². The smallest absolute Gasteiger partial charge is 0.382 e. The minimum absolute atomic E-state index is 0.0859. The zero-order valence-corrected chi connectivity index (χ0v) is 11.2. The second kappa shape index (κ2) is 5.61. The third kappa shape index (κ3) is 3.63. The lowest BCUT2D eigenvalue weighted by Gasteiger charge is -2.09. The molecule has 110 valence electrons. The Labute approximate surface area is 122 Å². The maximum absolute atomic E-state index is 12.4. The summed E-state index contributed by atoms with van der Waals surface area (Å²) in [5.74, 6) is -0.466. The number of rotatable bonds is 2. The zero-order chi connectivity index (χ0) is 15.6. The van der Waals surface area contributed by atoms with Gasteiger partial charge in [-0.05, 0) is 30.3 Å². The van der Waals surface area contributed by atoms with Crippen LogP contribution in [0.4, 0.5) is 24.7 Å². The lowest BCUT2D eigenvalue weighted by atomic mass is 10.2. The predicted octanol–water partition coefficient (Wildman–Crippen LogP) is 3.59. The van der Waals surface area contributed by atoms with Gasteiger partial charge in [-0.15, -0.1) is 0 Å². The molecule has 0 atom stereocenters. The van der Waals surface area contributed by atoms with Crippen LogP contribution in [0.3, 0.4) is 0 Å². The van der Waals surface area contributed by atoms with Crippen molar-refractivity contribution in [3.05, 3.63) is 52.7 Å². The van der Waals surface area contributed by atoms with Crippen molar-refractivity contribution in [2.75, 3.05) is 11.1 Å². The largest absolute Gasteiger partial charge is 0.416 e. The number of nitrogens with zero attached hydrogens (tertiary/aromatic N) is 1. The van der Waals surface area contributed by atoms with E-state index in [2.05, 4.69) is 10.3 Å². The summed E-state index contributed by atoms with van der Waals surface area (Å²) in [4.78, 5) is 15.6. The summed E-state index contributed by atoms with van der Waals surface area (Å²) in [6, 6.07) is 5.40. The maximum atomic E-state index is 12.4. The van der Waals surface area contributed by atoms with Gasteiger partial charge in [0, 0.05) is 11.9 Å². The Balaban J connectivity index is 2.14. The molecule has 0 aliphatic rings. The molecule has 4 nitrogen and oxygen atoms in total. The molecule has 0 saturated carbocycles. The van der Waals surface area contributed by atoms with E-state index in [-0.39, 0.29) is 22.1 Å². The van der Waals surface area contributed by atoms with Gasteiger partial charge in [0.1, 0.15) is 5.82 Å². The molecular formula is C13H9ClF3N3O. The summed E-state index contributed by atoms with van der Waals surface area (Å²) >= 11 is 5.74. The number of carbonyl (C=O) groups excluding carboxylic acids is 1. The molecule has 2 aromatic rings. The first-order chi connectivity index (χ1) is 9.77. The fourth-order valence-electron chi connectivity index (χ4n) is 1.52. The van der Waals surface area contributed by atoms with Crippen LogP contribution < -0.4 is 11.1 Å². The quantitative estimate of drug-likeness (QED) is 0.890. The second-order valence-corrected chi connectivity index (χ2v) is 4.53. The Morgan fingerprint density at radius 2 is 1.86 bits per heavy atom. The van der Waals surface area contributed by atoms with E-state index in [0.717, 1.165) is 24.3 Å². The molecule has 0 saturated heterocycles. The number of halogens is 4. The van der Waals surface area contributed by atoms with E-state index in [0.29, 0.717) is 0 Å². The third-order valence-corrected chi connectivity index (χ3v) is 2.90. The topological polar surface area (TPSA) is 68.0 Å². The number of amides is 1. The van der Waals surface area contributed by atoms with E-state index in [1.165, 1.54) is 12.3 Å². The fourth-order valence-corrected chi connectivity index (χ4v) is 1.68. The van der Waals surface area contributed by atoms with Gasteiger partial charge in [0.15, 0.2) is 0 Å². The lowest BCUT2D eigenvalue weighted by molar-refractivity contribution is -0.137. The molecule has 0 spiro atoms. The monoisotopic (exact) mass is 315 g/mol. The minimum atomic E-state index is -4.42. The van der Waals surface area contributed by atoms with Crippen molar-refractivity contribution in [3.8, 4) is 0 Å². The minimum Gasteiger partial charge on any atom is -0.382 e. The first-order valence-electron chi connectivity index (χ1n) is 5.67. The van der Waals surface area contributed by atoms with Gasteiger partial charge in [-0.2, -0.15) is 13.2 Å². The van der Waals surface area contributed by atoms with Crippen molar-refractivity contribution in [2.24, 2.45) is 0 Å². The number of nitrogens with one attached hydrogen (secondary N) is 1. The molecule has 3 N–H and O–H groups in total. The Kier molecular flexibility index (Phi) is 4.04. The average molecular weight is 316 g/mol. The second-order valence-electron chi connectivity index (χ2n) is 4.12. The van der Waals surface area contributed by atoms with Gasteiger partial charge in [0.05, 0.1) is 16.1 Å². The Morgan fingerprint density at radius 3 is 2.38 bits per heavy atom. The first kappa shape index (κ1) is 15.1. The van der Waals surface area contributed by atoms with Crippen molar-refractivity contribution in [2.45, 2.75) is 6.18 Å². The van der Waals surface area contributed by atoms with Crippen molar-refractivity contribution in [1.82, 2.24) is 4.98 Å². The Bertz CT molecular complexity index is 671. The predicted molar refractivity (Wildman–Crippen MR) is 73.1 cm³/mol. The summed E-state index contributed by atoms with van der Waals surface area (Å²) in [7, 11) is 0. The molecule has 0 aliphatic carbocycles. The van der Waals surface area contributed by atoms with Crippen molar-refractivity contribution < 1.29 is 18.0 Å². The van der Waals surface area contributed by atoms with Crippen LogP contribution in [-0.2, 0) is 6.18 Å². The first-order valence-corrected chi connectivity index (χ1v) is 6.05. The highest BCUT2D eigenvalue weighted by molar-refractivity contribution is 6.33. The summed E-state index contributed by atoms with van der Waals surface area (Å²) in [6.45, 7) is 0. The third-order valence-electron chi connectivity index (χ3n) is 2.60. The van der Waals surface area contributed by atoms with Crippen LogP contribution in [0, 0.1) is 0 Å². The van der Waals surface area contributed by atoms with Gasteiger partial charge in [-0.1, -0.05) is 11.6 Å². The zero-order valence-electron chi connectivity index (χ0n) is 10.4. The molecular weight excluding hydrogens is 307 g/mol. The normalized spacial score (nSPS) is 11.2. The van der Waals surface area contributed by atoms with Crippen LogP contribution in [-0.4, -0.2) is 10.9 Å². The number of hydrogen-bond acceptors (Lipinski definition) is 3. The van der Waals surface area contributed by atoms with E-state index in [1.54, 1.807) is 0 Å². The van der Waals surface area contributed by atoms with E-state index >= 15 is 0 Å². The number of pyridine rings is 1. The Hall–Kier alpha value is -2.28. The van der Waals surface area contributed by atoms with Gasteiger partial charge in [0.25, 0.3) is 5.91 Å². The average Bonchev–Trinajstić information content (AvgIpc) is 2.41. The van der Waals surface area contributed by atoms with Gasteiger partial charge in [0.2, 0.25) is 0 Å². The summed E-state index contributed by atoms with van der Waals surface area (Å²) < 4.78 is 37.2. The highest BCUT2D eigenvalue weighted by Crippen LogP contribution is 2.29. The SMILES string of the molecule is Nc1ncc(C(=O)Nc2ccc(C(F)(F)F)cc2)cc1Cl. The van der Waals surface area contributed by atoms with Gasteiger partial charge < -0.3 is 11.1 Å². The molecule has 1 heterocycles. The van der Waals surface area contributed by atoms with Gasteiger partial charge in [-0.3, -0.25) is 4.79 Å². The highest BCUT2D eigenvalue weighted by atomic mass is 35.5. The molecule has 0 radical (unpaired) electrons. The molecule has 0 bridgehead atoms. The summed E-state index contributed by atoms with van der Waals surface area (Å²) in [5.41, 5.74) is 4.99. The standard InChI is InChI=1S/C13H9ClF3N3O/c14-10-5-7(6-19-11(10)18)12(21)20-9-3-1-8(2-4-9)13(15,16)17/h1-6H,(H2,18,19)(H,20,21). The molecule has 1 amide bonds. The van der Waals surface area contributed by atoms with E-state index in [9.17, 15) is 18.0 Å². The van der Waals surface area contributed by atoms with Crippen LogP contribution in [0.25, 0.3) is 0 Å². The number of alkyl halides is 3. The van der Waals surface area contributed by atoms with Crippen LogP contribution in [0.2, 0.25) is 5.02 Å². The lowest BCUT2D eigenvalue weighted by Crippen LogP contribution is -2.13. The molecule has 1 aromatic heterocycles. The number of benzene rings is 1. The van der Waals surface area contributed by atoms with E-state index in [4.69, 9.17) is 17.3 Å². The maximum Gasteiger partial charge on any atom is 0.416 e. The van der Waals surface area contributed by atoms with Crippen molar-refractivity contribution in [1.29, 1.82) is 0 Å². The van der Waals surface area contributed by atoms with Crippen LogP contribution in [0.15, 0.2) is 36.5 Å². The van der Waals surface area contributed by atoms with Crippen LogP contribution in [0.1, 0.15) is 15.9 Å². The van der Waals surface area contributed by atoms with Crippen molar-refractivity contribution >= 4 is 29.0 Å². The Morgan fingerprint density at radius 1 is 1.24 bits per heavy atom. The molecule has 0 unspecified atom stereocenters. The fraction of sp³-hybridized carbons (Fsp3) is 0.0769. The molecule has 1 aromatic carbocycles. The van der Waals surface area contributed by atoms with Gasteiger partial charge >= 0.3 is 6.18 Å². The molecule has 8 heteroatoms.